The summed E-state index contributed by atoms with van der Waals surface area (Å²) in [5, 5.41) is 2.86. The summed E-state index contributed by atoms with van der Waals surface area (Å²) < 4.78 is 0. The van der Waals surface area contributed by atoms with Gasteiger partial charge in [-0.3, -0.25) is 0 Å². The first-order valence-electron chi connectivity index (χ1n) is 2.95. The number of hydrogen-bond donors (Lipinski definition) is 0. The van der Waals surface area contributed by atoms with Gasteiger partial charge in [0.1, 0.15) is 0 Å². The summed E-state index contributed by atoms with van der Waals surface area (Å²) in [5.74, 6) is 0. The summed E-state index contributed by atoms with van der Waals surface area (Å²) >= 11 is 0. The molecule has 0 fully saturated rings. The summed E-state index contributed by atoms with van der Waals surface area (Å²) in [6, 6.07) is 0. The quantitative estimate of drug-likeness (QED) is 0.528. The maximum Gasteiger partial charge on any atom is -0.0305 e. The van der Waals surface area contributed by atoms with E-state index in [9.17, 15) is 0 Å². The van der Waals surface area contributed by atoms with Gasteiger partial charge in [0, 0.05) is 0 Å². The van der Waals surface area contributed by atoms with Gasteiger partial charge in [-0.2, -0.15) is 0 Å². The van der Waals surface area contributed by atoms with Crippen molar-refractivity contribution < 1.29 is 0 Å². The van der Waals surface area contributed by atoms with Crippen molar-refractivity contribution in [2.75, 3.05) is 0 Å². The standard InChI is InChI=1S/C6H14P2/c1-3-5(7)6(8)4-2/h3-4,7-8H2,1-2H3/b6-5-. The SMILES string of the molecule is CC/C(P)=C(/P)CC. The summed E-state index contributed by atoms with van der Waals surface area (Å²) in [7, 11) is 5.51. The molecule has 0 aromatic heterocycles. The number of allylic oxidation sites excluding steroid dienone is 2. The molecule has 0 radical (unpaired) electrons. The van der Waals surface area contributed by atoms with Crippen LogP contribution in [-0.4, -0.2) is 0 Å². The summed E-state index contributed by atoms with van der Waals surface area (Å²) in [6.07, 6.45) is 2.30. The lowest BCUT2D eigenvalue weighted by Crippen LogP contribution is -1.70. The molecule has 0 aromatic rings. The monoisotopic (exact) mass is 148 g/mol. The molecule has 0 rings (SSSR count). The fraction of sp³-hybridized carbons (Fsp3) is 0.667. The van der Waals surface area contributed by atoms with E-state index >= 15 is 0 Å². The summed E-state index contributed by atoms with van der Waals surface area (Å²) in [5.41, 5.74) is 0. The van der Waals surface area contributed by atoms with Crippen LogP contribution in [-0.2, 0) is 0 Å². The predicted octanol–water partition coefficient (Wildman–Crippen LogP) is 2.77. The Morgan fingerprint density at radius 2 is 1.25 bits per heavy atom. The zero-order valence-electron chi connectivity index (χ0n) is 5.57. The second kappa shape index (κ2) is 4.48. The second-order valence-corrected chi connectivity index (χ2v) is 3.15. The molecule has 0 bridgehead atoms. The highest BCUT2D eigenvalue weighted by atomic mass is 31.0. The molecule has 0 spiro atoms. The second-order valence-electron chi connectivity index (χ2n) is 1.76. The third-order valence-electron chi connectivity index (χ3n) is 1.17. The third kappa shape index (κ3) is 2.80. The molecule has 2 heteroatoms. The minimum atomic E-state index is 1.15. The Labute approximate surface area is 56.5 Å². The van der Waals surface area contributed by atoms with E-state index < -0.39 is 0 Å². The molecule has 0 aliphatic rings. The van der Waals surface area contributed by atoms with Crippen LogP contribution in [0.15, 0.2) is 10.6 Å². The molecule has 0 saturated carbocycles. The van der Waals surface area contributed by atoms with E-state index in [1.54, 1.807) is 0 Å². The van der Waals surface area contributed by atoms with Crippen LogP contribution < -0.4 is 0 Å². The molecule has 0 aliphatic heterocycles. The van der Waals surface area contributed by atoms with Crippen LogP contribution in [0.25, 0.3) is 0 Å². The third-order valence-corrected chi connectivity index (χ3v) is 3.07. The van der Waals surface area contributed by atoms with E-state index in [2.05, 4.69) is 32.3 Å². The van der Waals surface area contributed by atoms with Crippen molar-refractivity contribution >= 4 is 18.5 Å². The van der Waals surface area contributed by atoms with Crippen molar-refractivity contribution in [1.29, 1.82) is 0 Å². The van der Waals surface area contributed by atoms with Crippen LogP contribution in [0.1, 0.15) is 26.7 Å². The van der Waals surface area contributed by atoms with Gasteiger partial charge in [0.25, 0.3) is 0 Å². The minimum absolute atomic E-state index is 1.15. The van der Waals surface area contributed by atoms with Crippen molar-refractivity contribution in [3.05, 3.63) is 10.6 Å². The highest BCUT2D eigenvalue weighted by molar-refractivity contribution is 7.27. The Balaban J connectivity index is 3.83. The lowest BCUT2D eigenvalue weighted by atomic mass is 10.3. The molecule has 2 unspecified atom stereocenters. The Bertz CT molecular complexity index is 82.7. The van der Waals surface area contributed by atoms with Crippen LogP contribution in [0.5, 0.6) is 0 Å². The van der Waals surface area contributed by atoms with Crippen LogP contribution >= 0.6 is 18.5 Å². The molecular formula is C6H14P2. The van der Waals surface area contributed by atoms with Crippen molar-refractivity contribution in [3.63, 3.8) is 0 Å². The van der Waals surface area contributed by atoms with E-state index in [1.165, 1.54) is 10.6 Å². The van der Waals surface area contributed by atoms with E-state index in [0.29, 0.717) is 0 Å². The van der Waals surface area contributed by atoms with E-state index in [0.717, 1.165) is 12.8 Å². The van der Waals surface area contributed by atoms with Gasteiger partial charge in [0.15, 0.2) is 0 Å². The molecule has 0 heterocycles. The zero-order valence-corrected chi connectivity index (χ0v) is 7.88. The Kier molecular flexibility index (Phi) is 4.81. The molecule has 0 amide bonds. The summed E-state index contributed by atoms with van der Waals surface area (Å²) in [6.45, 7) is 4.34. The normalized spacial score (nSPS) is 13.5. The Morgan fingerprint density at radius 3 is 1.38 bits per heavy atom. The molecule has 0 N–H and O–H groups in total. The molecule has 2 atom stereocenters. The first-order valence-corrected chi connectivity index (χ1v) is 4.10. The fourth-order valence-electron chi connectivity index (χ4n) is 0.454. The molecule has 0 nitrogen and oxygen atoms in total. The van der Waals surface area contributed by atoms with Crippen LogP contribution in [0, 0.1) is 0 Å². The van der Waals surface area contributed by atoms with Crippen molar-refractivity contribution in [2.45, 2.75) is 26.7 Å². The minimum Gasteiger partial charge on any atom is -0.110 e. The van der Waals surface area contributed by atoms with Gasteiger partial charge in [0.05, 0.1) is 0 Å². The topological polar surface area (TPSA) is 0 Å². The number of rotatable bonds is 2. The molecule has 48 valence electrons. The first kappa shape index (κ1) is 8.60. The molecular weight excluding hydrogens is 134 g/mol. The number of hydrogen-bond acceptors (Lipinski definition) is 0. The van der Waals surface area contributed by atoms with Crippen LogP contribution in [0.4, 0.5) is 0 Å². The largest absolute Gasteiger partial charge is 0.110 e. The van der Waals surface area contributed by atoms with Gasteiger partial charge in [-0.25, -0.2) is 0 Å². The zero-order chi connectivity index (χ0) is 6.57. The van der Waals surface area contributed by atoms with Gasteiger partial charge in [-0.05, 0) is 23.5 Å². The molecule has 8 heavy (non-hydrogen) atoms. The average Bonchev–Trinajstić information content (AvgIpc) is 1.84. The van der Waals surface area contributed by atoms with E-state index in [-0.39, 0.29) is 0 Å². The van der Waals surface area contributed by atoms with Gasteiger partial charge >= 0.3 is 0 Å². The molecule has 0 aromatic carbocycles. The Morgan fingerprint density at radius 1 is 1.00 bits per heavy atom. The fourth-order valence-corrected chi connectivity index (χ4v) is 0.862. The lowest BCUT2D eigenvalue weighted by molar-refractivity contribution is 1.12. The maximum atomic E-state index is 2.75. The van der Waals surface area contributed by atoms with Gasteiger partial charge in [0.2, 0.25) is 0 Å². The van der Waals surface area contributed by atoms with Crippen molar-refractivity contribution in [3.8, 4) is 0 Å². The lowest BCUT2D eigenvalue weighted by Gasteiger charge is -1.98. The summed E-state index contributed by atoms with van der Waals surface area (Å²) in [4.78, 5) is 0. The highest BCUT2D eigenvalue weighted by Gasteiger charge is 1.88. The first-order chi connectivity index (χ1) is 3.72. The van der Waals surface area contributed by atoms with Crippen LogP contribution in [0.3, 0.4) is 0 Å². The van der Waals surface area contributed by atoms with E-state index in [1.807, 2.05) is 0 Å². The van der Waals surface area contributed by atoms with Gasteiger partial charge in [-0.1, -0.05) is 13.8 Å². The van der Waals surface area contributed by atoms with E-state index in [4.69, 9.17) is 0 Å². The van der Waals surface area contributed by atoms with Gasteiger partial charge < -0.3 is 0 Å². The predicted molar refractivity (Wildman–Crippen MR) is 47.0 cm³/mol. The maximum absolute atomic E-state index is 2.75. The smallest absolute Gasteiger partial charge is 0.0305 e. The Hall–Kier alpha value is 0.600. The average molecular weight is 148 g/mol. The molecule has 0 saturated heterocycles. The highest BCUT2D eigenvalue weighted by Crippen LogP contribution is 2.23. The van der Waals surface area contributed by atoms with Gasteiger partial charge in [-0.15, -0.1) is 18.5 Å². The molecule has 0 aliphatic carbocycles. The van der Waals surface area contributed by atoms with Crippen molar-refractivity contribution in [1.82, 2.24) is 0 Å². The van der Waals surface area contributed by atoms with Crippen molar-refractivity contribution in [2.24, 2.45) is 0 Å². The van der Waals surface area contributed by atoms with Crippen LogP contribution in [0.2, 0.25) is 0 Å².